The highest BCUT2D eigenvalue weighted by atomic mass is 19.4. The quantitative estimate of drug-likeness (QED) is 0.819. The third-order valence-electron chi connectivity index (χ3n) is 5.58. The maximum Gasteiger partial charge on any atom is 0.433 e. The summed E-state index contributed by atoms with van der Waals surface area (Å²) in [6.45, 7) is 4.36. The minimum atomic E-state index is -4.43. The Hall–Kier alpha value is -2.38. The summed E-state index contributed by atoms with van der Waals surface area (Å²) in [5, 5.41) is 0. The second-order valence-corrected chi connectivity index (χ2v) is 7.14. The highest BCUT2D eigenvalue weighted by Gasteiger charge is 2.40. The van der Waals surface area contributed by atoms with E-state index in [1.54, 1.807) is 12.4 Å². The molecule has 0 amide bonds. The highest BCUT2D eigenvalue weighted by Crippen LogP contribution is 2.36. The molecule has 4 heterocycles. The number of nitrogens with zero attached hydrogens (tertiary/aromatic N) is 5. The number of aromatic nitrogens is 3. The van der Waals surface area contributed by atoms with Crippen LogP contribution in [0.1, 0.15) is 31.2 Å². The SMILES string of the molecule is CCc1cc(N2CCC3CCN(c4cccc(C(F)(F)F)n4)CC32)ncn1. The van der Waals surface area contributed by atoms with Gasteiger partial charge < -0.3 is 9.80 Å². The fraction of sp³-hybridized carbons (Fsp3) is 0.526. The molecule has 0 N–H and O–H groups in total. The molecule has 0 aromatic carbocycles. The van der Waals surface area contributed by atoms with Crippen LogP contribution < -0.4 is 9.80 Å². The molecular formula is C19H22F3N5. The van der Waals surface area contributed by atoms with Gasteiger partial charge in [0.15, 0.2) is 0 Å². The summed E-state index contributed by atoms with van der Waals surface area (Å²) in [5.74, 6) is 1.84. The van der Waals surface area contributed by atoms with Crippen LogP contribution in [-0.4, -0.2) is 40.6 Å². The van der Waals surface area contributed by atoms with Crippen molar-refractivity contribution in [1.29, 1.82) is 0 Å². The molecule has 0 radical (unpaired) electrons. The minimum Gasteiger partial charge on any atom is -0.355 e. The standard InChI is InChI=1S/C19H22F3N5/c1-2-14-10-18(24-12-23-14)27-9-7-13-6-8-26(11-15(13)27)17-5-3-4-16(25-17)19(20,21)22/h3-5,10,12-13,15H,2,6-9,11H2,1H3. The van der Waals surface area contributed by atoms with Crippen LogP contribution in [0, 0.1) is 5.92 Å². The zero-order valence-corrected chi connectivity index (χ0v) is 15.2. The van der Waals surface area contributed by atoms with Crippen molar-refractivity contribution in [1.82, 2.24) is 15.0 Å². The molecule has 2 saturated heterocycles. The molecular weight excluding hydrogens is 355 g/mol. The molecule has 5 nitrogen and oxygen atoms in total. The zero-order chi connectivity index (χ0) is 19.0. The number of fused-ring (bicyclic) bond motifs is 1. The predicted octanol–water partition coefficient (Wildman–Crippen LogP) is 3.56. The number of anilines is 2. The summed E-state index contributed by atoms with van der Waals surface area (Å²) >= 11 is 0. The van der Waals surface area contributed by atoms with Crippen molar-refractivity contribution < 1.29 is 13.2 Å². The van der Waals surface area contributed by atoms with Gasteiger partial charge in [-0.1, -0.05) is 13.0 Å². The van der Waals surface area contributed by atoms with Crippen LogP contribution in [0.4, 0.5) is 24.8 Å². The van der Waals surface area contributed by atoms with Crippen molar-refractivity contribution >= 4 is 11.6 Å². The van der Waals surface area contributed by atoms with E-state index in [-0.39, 0.29) is 6.04 Å². The summed E-state index contributed by atoms with van der Waals surface area (Å²) in [5.41, 5.74) is 0.157. The van der Waals surface area contributed by atoms with E-state index in [1.165, 1.54) is 6.07 Å². The maximum atomic E-state index is 13.0. The lowest BCUT2D eigenvalue weighted by Crippen LogP contribution is -2.49. The molecule has 27 heavy (non-hydrogen) atoms. The van der Waals surface area contributed by atoms with Crippen molar-refractivity contribution in [2.75, 3.05) is 29.4 Å². The molecule has 2 unspecified atom stereocenters. The number of hydrogen-bond donors (Lipinski definition) is 0. The van der Waals surface area contributed by atoms with E-state index in [1.807, 2.05) is 11.0 Å². The van der Waals surface area contributed by atoms with Gasteiger partial charge in [0.1, 0.15) is 23.7 Å². The molecule has 2 atom stereocenters. The highest BCUT2D eigenvalue weighted by molar-refractivity contribution is 5.46. The molecule has 2 aromatic heterocycles. The molecule has 2 aliphatic heterocycles. The Balaban J connectivity index is 1.56. The van der Waals surface area contributed by atoms with Gasteiger partial charge in [0, 0.05) is 31.4 Å². The summed E-state index contributed by atoms with van der Waals surface area (Å²) in [4.78, 5) is 16.8. The van der Waals surface area contributed by atoms with Crippen molar-refractivity contribution in [2.24, 2.45) is 5.92 Å². The smallest absolute Gasteiger partial charge is 0.355 e. The fourth-order valence-electron chi connectivity index (χ4n) is 4.13. The first-order valence-electron chi connectivity index (χ1n) is 9.32. The number of rotatable bonds is 3. The van der Waals surface area contributed by atoms with Gasteiger partial charge in [-0.25, -0.2) is 15.0 Å². The number of hydrogen-bond acceptors (Lipinski definition) is 5. The molecule has 144 valence electrons. The summed E-state index contributed by atoms with van der Waals surface area (Å²) in [7, 11) is 0. The molecule has 0 spiro atoms. The van der Waals surface area contributed by atoms with Gasteiger partial charge in [-0.2, -0.15) is 13.2 Å². The molecule has 0 saturated carbocycles. The van der Waals surface area contributed by atoms with Gasteiger partial charge in [0.25, 0.3) is 0 Å². The topological polar surface area (TPSA) is 45.2 Å². The van der Waals surface area contributed by atoms with E-state index in [0.717, 1.165) is 49.9 Å². The van der Waals surface area contributed by atoms with Gasteiger partial charge >= 0.3 is 6.18 Å². The second kappa shape index (κ2) is 6.98. The summed E-state index contributed by atoms with van der Waals surface area (Å²) < 4.78 is 39.0. The van der Waals surface area contributed by atoms with Crippen molar-refractivity contribution in [2.45, 2.75) is 38.4 Å². The number of pyridine rings is 1. The van der Waals surface area contributed by atoms with E-state index in [9.17, 15) is 13.2 Å². The Bertz CT molecular complexity index is 810. The van der Waals surface area contributed by atoms with Gasteiger partial charge in [0.2, 0.25) is 0 Å². The van der Waals surface area contributed by atoms with Crippen LogP contribution in [0.5, 0.6) is 0 Å². The lowest BCUT2D eigenvalue weighted by atomic mass is 9.92. The van der Waals surface area contributed by atoms with E-state index < -0.39 is 11.9 Å². The monoisotopic (exact) mass is 377 g/mol. The Kier molecular flexibility index (Phi) is 4.65. The fourth-order valence-corrected chi connectivity index (χ4v) is 4.13. The molecule has 2 aromatic rings. The van der Waals surface area contributed by atoms with Crippen LogP contribution in [0.15, 0.2) is 30.6 Å². The average Bonchev–Trinajstić information content (AvgIpc) is 3.10. The largest absolute Gasteiger partial charge is 0.433 e. The Morgan fingerprint density at radius 3 is 2.70 bits per heavy atom. The van der Waals surface area contributed by atoms with Crippen molar-refractivity contribution in [3.8, 4) is 0 Å². The molecule has 2 aliphatic rings. The maximum absolute atomic E-state index is 13.0. The lowest BCUT2D eigenvalue weighted by Gasteiger charge is -2.39. The summed E-state index contributed by atoms with van der Waals surface area (Å²) in [6, 6.07) is 6.36. The molecule has 0 aliphatic carbocycles. The first kappa shape index (κ1) is 18.0. The average molecular weight is 377 g/mol. The van der Waals surface area contributed by atoms with Crippen LogP contribution in [0.25, 0.3) is 0 Å². The minimum absolute atomic E-state index is 0.231. The first-order valence-corrected chi connectivity index (χ1v) is 9.32. The first-order chi connectivity index (χ1) is 13.0. The zero-order valence-electron chi connectivity index (χ0n) is 15.2. The molecule has 8 heteroatoms. The van der Waals surface area contributed by atoms with Crippen LogP contribution >= 0.6 is 0 Å². The van der Waals surface area contributed by atoms with Crippen LogP contribution in [0.3, 0.4) is 0 Å². The predicted molar refractivity (Wildman–Crippen MR) is 96.7 cm³/mol. The van der Waals surface area contributed by atoms with Crippen molar-refractivity contribution in [3.63, 3.8) is 0 Å². The summed E-state index contributed by atoms with van der Waals surface area (Å²) in [6.07, 6.45) is 0.0459. The third kappa shape index (κ3) is 3.57. The Labute approximate surface area is 156 Å². The number of piperidine rings is 1. The Morgan fingerprint density at radius 1 is 1.11 bits per heavy atom. The molecule has 0 bridgehead atoms. The molecule has 4 rings (SSSR count). The van der Waals surface area contributed by atoms with E-state index in [4.69, 9.17) is 0 Å². The second-order valence-electron chi connectivity index (χ2n) is 7.14. The van der Waals surface area contributed by atoms with Gasteiger partial charge in [-0.05, 0) is 37.3 Å². The number of halogens is 3. The van der Waals surface area contributed by atoms with Gasteiger partial charge in [-0.3, -0.25) is 0 Å². The number of alkyl halides is 3. The third-order valence-corrected chi connectivity index (χ3v) is 5.58. The van der Waals surface area contributed by atoms with Crippen LogP contribution in [0.2, 0.25) is 0 Å². The van der Waals surface area contributed by atoms with Crippen molar-refractivity contribution in [3.05, 3.63) is 42.0 Å². The van der Waals surface area contributed by atoms with E-state index in [0.29, 0.717) is 18.3 Å². The normalized spacial score (nSPS) is 22.8. The van der Waals surface area contributed by atoms with Crippen LogP contribution in [-0.2, 0) is 12.6 Å². The lowest BCUT2D eigenvalue weighted by molar-refractivity contribution is -0.141. The van der Waals surface area contributed by atoms with E-state index in [2.05, 4.69) is 26.8 Å². The van der Waals surface area contributed by atoms with E-state index >= 15 is 0 Å². The Morgan fingerprint density at radius 2 is 1.93 bits per heavy atom. The van der Waals surface area contributed by atoms with Gasteiger partial charge in [0.05, 0.1) is 6.04 Å². The van der Waals surface area contributed by atoms with Gasteiger partial charge in [-0.15, -0.1) is 0 Å². The number of aryl methyl sites for hydroxylation is 1. The molecule has 2 fully saturated rings.